The maximum atomic E-state index is 6.08. The van der Waals surface area contributed by atoms with Gasteiger partial charge in [0, 0.05) is 6.61 Å². The van der Waals surface area contributed by atoms with Gasteiger partial charge in [-0.05, 0) is 54.6 Å². The van der Waals surface area contributed by atoms with Gasteiger partial charge in [0.1, 0.15) is 0 Å². The fraction of sp³-hybridized carbons (Fsp3) is 0.474. The van der Waals surface area contributed by atoms with E-state index in [1.807, 2.05) is 0 Å². The molecule has 2 aromatic carbocycles. The smallest absolute Gasteiger partial charge is 0.0797 e. The molecule has 21 heavy (non-hydrogen) atoms. The zero-order chi connectivity index (χ0) is 14.7. The molecule has 2 nitrogen and oxygen atoms in total. The maximum absolute atomic E-state index is 6.08. The second-order valence-electron chi connectivity index (χ2n) is 5.90. The van der Waals surface area contributed by atoms with Gasteiger partial charge in [0.25, 0.3) is 0 Å². The number of nitrogens with one attached hydrogen (secondary N) is 1. The lowest BCUT2D eigenvalue weighted by Crippen LogP contribution is -2.35. The number of benzene rings is 2. The van der Waals surface area contributed by atoms with Crippen LogP contribution in [0.5, 0.6) is 0 Å². The minimum absolute atomic E-state index is 0.298. The lowest BCUT2D eigenvalue weighted by atomic mass is 9.95. The quantitative estimate of drug-likeness (QED) is 0.817. The Balaban J connectivity index is 1.93. The van der Waals surface area contributed by atoms with Crippen molar-refractivity contribution in [3.8, 4) is 0 Å². The molecule has 0 heterocycles. The summed E-state index contributed by atoms with van der Waals surface area (Å²) < 4.78 is 6.08. The average molecular weight is 283 g/mol. The van der Waals surface area contributed by atoms with Gasteiger partial charge in [-0.3, -0.25) is 0 Å². The van der Waals surface area contributed by atoms with Gasteiger partial charge in [0.2, 0.25) is 0 Å². The van der Waals surface area contributed by atoms with Gasteiger partial charge in [-0.15, -0.1) is 0 Å². The third-order valence-electron chi connectivity index (χ3n) is 4.33. The first-order valence-corrected chi connectivity index (χ1v) is 8.17. The molecule has 2 atom stereocenters. The third-order valence-corrected chi connectivity index (χ3v) is 4.33. The van der Waals surface area contributed by atoms with E-state index in [9.17, 15) is 0 Å². The Hall–Kier alpha value is -1.38. The van der Waals surface area contributed by atoms with Crippen LogP contribution in [0.1, 0.15) is 38.3 Å². The molecule has 2 heteroatoms. The predicted octanol–water partition coefficient (Wildman–Crippen LogP) is 4.31. The van der Waals surface area contributed by atoms with E-state index in [0.717, 1.165) is 19.1 Å². The zero-order valence-corrected chi connectivity index (χ0v) is 13.0. The van der Waals surface area contributed by atoms with E-state index in [0.29, 0.717) is 12.1 Å². The molecule has 1 saturated carbocycles. The van der Waals surface area contributed by atoms with E-state index in [-0.39, 0.29) is 0 Å². The molecule has 2 unspecified atom stereocenters. The Morgan fingerprint density at radius 3 is 2.52 bits per heavy atom. The van der Waals surface area contributed by atoms with Crippen molar-refractivity contribution in [2.75, 3.05) is 13.2 Å². The summed E-state index contributed by atoms with van der Waals surface area (Å²) in [6.45, 7) is 6.02. The number of fused-ring (bicyclic) bond motifs is 1. The van der Waals surface area contributed by atoms with Crippen LogP contribution in [-0.2, 0) is 4.74 Å². The molecule has 0 aliphatic heterocycles. The number of rotatable bonds is 7. The van der Waals surface area contributed by atoms with Crippen molar-refractivity contribution in [1.82, 2.24) is 5.32 Å². The van der Waals surface area contributed by atoms with E-state index in [2.05, 4.69) is 61.6 Å². The molecule has 112 valence electrons. The van der Waals surface area contributed by atoms with Gasteiger partial charge in [-0.25, -0.2) is 0 Å². The SMILES string of the molecule is CCNC(c1ccc2ccccc2c1)C(OCC)C1CC1. The molecule has 1 aliphatic carbocycles. The second kappa shape index (κ2) is 6.59. The van der Waals surface area contributed by atoms with Crippen molar-refractivity contribution >= 4 is 10.8 Å². The Morgan fingerprint density at radius 1 is 1.10 bits per heavy atom. The minimum Gasteiger partial charge on any atom is -0.376 e. The monoisotopic (exact) mass is 283 g/mol. The maximum Gasteiger partial charge on any atom is 0.0797 e. The molecule has 1 fully saturated rings. The molecule has 1 aliphatic rings. The van der Waals surface area contributed by atoms with Crippen molar-refractivity contribution in [3.63, 3.8) is 0 Å². The number of hydrogen-bond donors (Lipinski definition) is 1. The van der Waals surface area contributed by atoms with Gasteiger partial charge >= 0.3 is 0 Å². The van der Waals surface area contributed by atoms with Crippen molar-refractivity contribution < 1.29 is 4.74 Å². The first-order valence-electron chi connectivity index (χ1n) is 8.17. The normalized spacial score (nSPS) is 17.8. The van der Waals surface area contributed by atoms with Crippen LogP contribution < -0.4 is 5.32 Å². The van der Waals surface area contributed by atoms with Gasteiger partial charge in [-0.2, -0.15) is 0 Å². The van der Waals surface area contributed by atoms with E-state index in [4.69, 9.17) is 4.74 Å². The van der Waals surface area contributed by atoms with Crippen LogP contribution in [-0.4, -0.2) is 19.3 Å². The Morgan fingerprint density at radius 2 is 1.86 bits per heavy atom. The summed E-state index contributed by atoms with van der Waals surface area (Å²) in [7, 11) is 0. The van der Waals surface area contributed by atoms with Crippen molar-refractivity contribution in [1.29, 1.82) is 0 Å². The summed E-state index contributed by atoms with van der Waals surface area (Å²) in [5, 5.41) is 6.26. The molecule has 0 amide bonds. The highest BCUT2D eigenvalue weighted by atomic mass is 16.5. The van der Waals surface area contributed by atoms with Crippen LogP contribution >= 0.6 is 0 Å². The molecular formula is C19H25NO. The van der Waals surface area contributed by atoms with Crippen molar-refractivity contribution in [3.05, 3.63) is 48.0 Å². The highest BCUT2D eigenvalue weighted by Gasteiger charge is 2.37. The van der Waals surface area contributed by atoms with Crippen LogP contribution in [0, 0.1) is 5.92 Å². The van der Waals surface area contributed by atoms with Crippen molar-refractivity contribution in [2.24, 2.45) is 5.92 Å². The van der Waals surface area contributed by atoms with Crippen molar-refractivity contribution in [2.45, 2.75) is 38.8 Å². The van der Waals surface area contributed by atoms with Gasteiger partial charge < -0.3 is 10.1 Å². The topological polar surface area (TPSA) is 21.3 Å². The van der Waals surface area contributed by atoms with Crippen LogP contribution in [0.4, 0.5) is 0 Å². The fourth-order valence-electron chi connectivity index (χ4n) is 3.17. The molecule has 3 rings (SSSR count). The van der Waals surface area contributed by atoms with E-state index in [1.165, 1.54) is 29.2 Å². The Kier molecular flexibility index (Phi) is 4.57. The van der Waals surface area contributed by atoms with Gasteiger partial charge in [-0.1, -0.05) is 43.3 Å². The molecule has 0 bridgehead atoms. The van der Waals surface area contributed by atoms with Crippen LogP contribution in [0.2, 0.25) is 0 Å². The lowest BCUT2D eigenvalue weighted by Gasteiger charge is -2.28. The van der Waals surface area contributed by atoms with E-state index < -0.39 is 0 Å². The summed E-state index contributed by atoms with van der Waals surface area (Å²) in [6, 6.07) is 15.7. The number of ether oxygens (including phenoxy) is 1. The summed E-state index contributed by atoms with van der Waals surface area (Å²) in [5.41, 5.74) is 1.35. The number of hydrogen-bond acceptors (Lipinski definition) is 2. The number of likely N-dealkylation sites (N-methyl/N-ethyl adjacent to an activating group) is 1. The molecule has 0 spiro atoms. The lowest BCUT2D eigenvalue weighted by molar-refractivity contribution is 0.0190. The largest absolute Gasteiger partial charge is 0.376 e. The summed E-state index contributed by atoms with van der Waals surface area (Å²) >= 11 is 0. The molecule has 1 N–H and O–H groups in total. The summed E-state index contributed by atoms with van der Waals surface area (Å²) in [6.07, 6.45) is 2.91. The molecular weight excluding hydrogens is 258 g/mol. The highest BCUT2D eigenvalue weighted by molar-refractivity contribution is 5.83. The average Bonchev–Trinajstić information content (AvgIpc) is 3.35. The standard InChI is InChI=1S/C19H25NO/c1-3-20-18(19(21-4-2)15-10-11-15)17-12-9-14-7-5-6-8-16(14)13-17/h5-9,12-13,15,18-20H,3-4,10-11H2,1-2H3. The molecule has 0 radical (unpaired) electrons. The first-order chi connectivity index (χ1) is 10.3. The summed E-state index contributed by atoms with van der Waals surface area (Å²) in [5.74, 6) is 0.723. The summed E-state index contributed by atoms with van der Waals surface area (Å²) in [4.78, 5) is 0. The third kappa shape index (κ3) is 3.28. The van der Waals surface area contributed by atoms with Gasteiger partial charge in [0.05, 0.1) is 12.1 Å². The second-order valence-corrected chi connectivity index (χ2v) is 5.90. The highest BCUT2D eigenvalue weighted by Crippen LogP contribution is 2.40. The van der Waals surface area contributed by atoms with Crippen LogP contribution in [0.3, 0.4) is 0 Å². The predicted molar refractivity (Wildman–Crippen MR) is 88.5 cm³/mol. The van der Waals surface area contributed by atoms with E-state index in [1.54, 1.807) is 0 Å². The molecule has 2 aromatic rings. The fourth-order valence-corrected chi connectivity index (χ4v) is 3.17. The van der Waals surface area contributed by atoms with Crippen LogP contribution in [0.15, 0.2) is 42.5 Å². The van der Waals surface area contributed by atoms with Gasteiger partial charge in [0.15, 0.2) is 0 Å². The zero-order valence-electron chi connectivity index (χ0n) is 13.0. The Bertz CT molecular complexity index is 591. The molecule has 0 aromatic heterocycles. The Labute approximate surface area is 127 Å². The minimum atomic E-state index is 0.298. The van der Waals surface area contributed by atoms with Crippen LogP contribution in [0.25, 0.3) is 10.8 Å². The first kappa shape index (κ1) is 14.6. The molecule has 0 saturated heterocycles. The van der Waals surface area contributed by atoms with E-state index >= 15 is 0 Å².